The zero-order chi connectivity index (χ0) is 32.2. The molecule has 6 aromatic carbocycles. The van der Waals surface area contributed by atoms with E-state index in [0.29, 0.717) is 0 Å². The molecule has 0 aliphatic carbocycles. The molecule has 8 rings (SSSR count). The Morgan fingerprint density at radius 1 is 0.489 bits per heavy atom. The molecule has 0 N–H and O–H groups in total. The molecular formula is C42H36BNO3. The summed E-state index contributed by atoms with van der Waals surface area (Å²) in [6.07, 6.45) is 0. The molecule has 0 bridgehead atoms. The summed E-state index contributed by atoms with van der Waals surface area (Å²) in [4.78, 5) is 2.29. The van der Waals surface area contributed by atoms with Gasteiger partial charge in [-0.25, -0.2) is 0 Å². The maximum Gasteiger partial charge on any atom is 0.494 e. The summed E-state index contributed by atoms with van der Waals surface area (Å²) in [5.41, 5.74) is 9.22. The van der Waals surface area contributed by atoms with Crippen LogP contribution in [0.2, 0.25) is 0 Å². The van der Waals surface area contributed by atoms with Crippen LogP contribution in [-0.2, 0) is 9.31 Å². The van der Waals surface area contributed by atoms with Gasteiger partial charge in [0.25, 0.3) is 0 Å². The number of rotatable bonds is 6. The van der Waals surface area contributed by atoms with Gasteiger partial charge in [-0.05, 0) is 91.8 Å². The maximum atomic E-state index is 6.61. The molecule has 47 heavy (non-hydrogen) atoms. The van der Waals surface area contributed by atoms with E-state index in [-0.39, 0.29) is 0 Å². The molecule has 1 fully saturated rings. The lowest BCUT2D eigenvalue weighted by atomic mass is 9.77. The molecule has 0 radical (unpaired) electrons. The number of hydrogen-bond donors (Lipinski definition) is 0. The second kappa shape index (κ2) is 11.3. The molecule has 4 nitrogen and oxygen atoms in total. The van der Waals surface area contributed by atoms with Gasteiger partial charge < -0.3 is 18.6 Å². The molecule has 0 atom stereocenters. The number of furan rings is 1. The number of fused-ring (bicyclic) bond motifs is 3. The molecule has 0 spiro atoms. The average Bonchev–Trinajstić information content (AvgIpc) is 3.59. The predicted molar refractivity (Wildman–Crippen MR) is 195 cm³/mol. The second-order valence-electron chi connectivity index (χ2n) is 13.3. The van der Waals surface area contributed by atoms with Crippen LogP contribution in [0.25, 0.3) is 44.2 Å². The molecule has 7 aromatic rings. The van der Waals surface area contributed by atoms with Crippen molar-refractivity contribution >= 4 is 51.6 Å². The van der Waals surface area contributed by atoms with Crippen molar-refractivity contribution in [3.8, 4) is 22.3 Å². The fourth-order valence-electron chi connectivity index (χ4n) is 6.45. The highest BCUT2D eigenvalue weighted by Crippen LogP contribution is 2.44. The maximum absolute atomic E-state index is 6.61. The van der Waals surface area contributed by atoms with Crippen molar-refractivity contribution in [2.75, 3.05) is 4.90 Å². The summed E-state index contributed by atoms with van der Waals surface area (Å²) >= 11 is 0. The number of hydrogen-bond acceptors (Lipinski definition) is 4. The van der Waals surface area contributed by atoms with Crippen molar-refractivity contribution < 1.29 is 13.7 Å². The van der Waals surface area contributed by atoms with E-state index < -0.39 is 18.3 Å². The van der Waals surface area contributed by atoms with E-state index >= 15 is 0 Å². The van der Waals surface area contributed by atoms with Gasteiger partial charge in [0.05, 0.1) is 16.9 Å². The number of anilines is 3. The Balaban J connectivity index is 1.36. The lowest BCUT2D eigenvalue weighted by Gasteiger charge is -2.32. The van der Waals surface area contributed by atoms with Crippen LogP contribution in [0, 0.1) is 0 Å². The van der Waals surface area contributed by atoms with Gasteiger partial charge in [-0.3, -0.25) is 0 Å². The van der Waals surface area contributed by atoms with Crippen LogP contribution in [-0.4, -0.2) is 18.3 Å². The van der Waals surface area contributed by atoms with Crippen molar-refractivity contribution in [2.45, 2.75) is 38.9 Å². The topological polar surface area (TPSA) is 34.8 Å². The Bertz CT molecular complexity index is 2190. The highest BCUT2D eigenvalue weighted by molar-refractivity contribution is 6.62. The van der Waals surface area contributed by atoms with Gasteiger partial charge in [0.15, 0.2) is 5.58 Å². The van der Waals surface area contributed by atoms with Gasteiger partial charge in [0, 0.05) is 22.1 Å². The van der Waals surface area contributed by atoms with Gasteiger partial charge in [-0.2, -0.15) is 0 Å². The van der Waals surface area contributed by atoms with Crippen molar-refractivity contribution in [1.29, 1.82) is 0 Å². The van der Waals surface area contributed by atoms with Crippen LogP contribution < -0.4 is 10.4 Å². The van der Waals surface area contributed by atoms with Crippen molar-refractivity contribution in [3.63, 3.8) is 0 Å². The second-order valence-corrected chi connectivity index (χ2v) is 13.3. The summed E-state index contributed by atoms with van der Waals surface area (Å²) in [5, 5.41) is 2.18. The summed E-state index contributed by atoms with van der Waals surface area (Å²) in [7, 11) is -0.522. The molecule has 5 heteroatoms. The standard InChI is InChI=1S/C42H36BNO3/c1-41(2)42(3,4)47-43(46-41)33-26-32(30-16-9-6-10-17-30)27-35(28-33)44(34-24-22-31(23-25-34)29-14-7-5-8-15-29)38-20-13-19-37-36-18-11-12-21-39(36)45-40(37)38/h5-28H,1-4H3. The average molecular weight is 614 g/mol. The van der Waals surface area contributed by atoms with Crippen LogP contribution in [0.3, 0.4) is 0 Å². The molecule has 1 saturated heterocycles. The van der Waals surface area contributed by atoms with Gasteiger partial charge in [0.2, 0.25) is 0 Å². The summed E-state index contributed by atoms with van der Waals surface area (Å²) in [6, 6.07) is 51.0. The minimum absolute atomic E-state index is 0.465. The normalized spacial score (nSPS) is 15.4. The van der Waals surface area contributed by atoms with Crippen molar-refractivity contribution in [1.82, 2.24) is 0 Å². The first-order valence-corrected chi connectivity index (χ1v) is 16.2. The summed E-state index contributed by atoms with van der Waals surface area (Å²) in [5.74, 6) is 0. The first-order valence-electron chi connectivity index (χ1n) is 16.2. The Labute approximate surface area is 276 Å². The quantitative estimate of drug-likeness (QED) is 0.175. The van der Waals surface area contributed by atoms with E-state index in [1.165, 1.54) is 5.56 Å². The molecular weight excluding hydrogens is 577 g/mol. The van der Waals surface area contributed by atoms with E-state index in [4.69, 9.17) is 13.7 Å². The lowest BCUT2D eigenvalue weighted by molar-refractivity contribution is 0.00578. The van der Waals surface area contributed by atoms with E-state index in [2.05, 4.69) is 154 Å². The van der Waals surface area contributed by atoms with Crippen molar-refractivity contribution in [2.24, 2.45) is 0 Å². The molecule has 1 aliphatic rings. The van der Waals surface area contributed by atoms with Crippen LogP contribution in [0.4, 0.5) is 17.1 Å². The highest BCUT2D eigenvalue weighted by atomic mass is 16.7. The van der Waals surface area contributed by atoms with Crippen LogP contribution in [0.15, 0.2) is 150 Å². The van der Waals surface area contributed by atoms with Gasteiger partial charge in [0.1, 0.15) is 5.58 Å². The van der Waals surface area contributed by atoms with E-state index in [0.717, 1.165) is 61.2 Å². The number of benzene rings is 6. The number of para-hydroxylation sites is 2. The first kappa shape index (κ1) is 29.3. The third-order valence-corrected chi connectivity index (χ3v) is 9.69. The molecule has 0 amide bonds. The van der Waals surface area contributed by atoms with E-state index in [9.17, 15) is 0 Å². The Morgan fingerprint density at radius 3 is 1.74 bits per heavy atom. The van der Waals surface area contributed by atoms with Crippen LogP contribution in [0.5, 0.6) is 0 Å². The number of nitrogens with zero attached hydrogens (tertiary/aromatic N) is 1. The highest BCUT2D eigenvalue weighted by Gasteiger charge is 2.52. The van der Waals surface area contributed by atoms with E-state index in [1.807, 2.05) is 24.3 Å². The molecule has 2 heterocycles. The van der Waals surface area contributed by atoms with E-state index in [1.54, 1.807) is 0 Å². The molecule has 230 valence electrons. The van der Waals surface area contributed by atoms with Gasteiger partial charge in [-0.15, -0.1) is 0 Å². The molecule has 1 aliphatic heterocycles. The smallest absolute Gasteiger partial charge is 0.454 e. The minimum atomic E-state index is -0.522. The largest absolute Gasteiger partial charge is 0.494 e. The minimum Gasteiger partial charge on any atom is -0.454 e. The molecule has 0 unspecified atom stereocenters. The molecule has 1 aromatic heterocycles. The van der Waals surface area contributed by atoms with Crippen molar-refractivity contribution in [3.05, 3.63) is 146 Å². The Hall–Kier alpha value is -5.10. The van der Waals surface area contributed by atoms with Gasteiger partial charge in [-0.1, -0.05) is 109 Å². The third-order valence-electron chi connectivity index (χ3n) is 9.69. The zero-order valence-corrected chi connectivity index (χ0v) is 27.1. The van der Waals surface area contributed by atoms with Crippen LogP contribution in [0.1, 0.15) is 27.7 Å². The summed E-state index contributed by atoms with van der Waals surface area (Å²) in [6.45, 7) is 8.38. The molecule has 0 saturated carbocycles. The monoisotopic (exact) mass is 613 g/mol. The Morgan fingerprint density at radius 2 is 1.06 bits per heavy atom. The SMILES string of the molecule is CC1(C)OB(c2cc(-c3ccccc3)cc(N(c3ccc(-c4ccccc4)cc3)c3cccc4c3oc3ccccc34)c2)OC1(C)C. The first-order chi connectivity index (χ1) is 22.8. The predicted octanol–water partition coefficient (Wildman–Crippen LogP) is 10.7. The lowest BCUT2D eigenvalue weighted by Crippen LogP contribution is -2.41. The summed E-state index contributed by atoms with van der Waals surface area (Å²) < 4.78 is 19.8. The van der Waals surface area contributed by atoms with Crippen LogP contribution >= 0.6 is 0 Å². The third kappa shape index (κ3) is 5.22. The fraction of sp³-hybridized carbons (Fsp3) is 0.143. The fourth-order valence-corrected chi connectivity index (χ4v) is 6.45. The van der Waals surface area contributed by atoms with Gasteiger partial charge >= 0.3 is 7.12 Å². The Kier molecular flexibility index (Phi) is 7.05. The zero-order valence-electron chi connectivity index (χ0n) is 27.1.